The summed E-state index contributed by atoms with van der Waals surface area (Å²) in [6.07, 6.45) is 4.94. The fourth-order valence-corrected chi connectivity index (χ4v) is 5.25. The molecule has 7 nitrogen and oxygen atoms in total. The third-order valence-electron chi connectivity index (χ3n) is 5.45. The number of nitrogens with one attached hydrogen (secondary N) is 1. The maximum absolute atomic E-state index is 12.6. The van der Waals surface area contributed by atoms with E-state index in [1.807, 2.05) is 6.92 Å². The molecule has 0 bridgehead atoms. The van der Waals surface area contributed by atoms with Gasteiger partial charge in [0, 0.05) is 22.4 Å². The minimum absolute atomic E-state index is 0.244. The SMILES string of the molecule is CCOC(=O)c1c(NC(=O)COc2ccc3c(C)cc(=O)oc3c2)sc2c1CCCCC2. The Hall–Kier alpha value is -3.13. The number of esters is 1. The summed E-state index contributed by atoms with van der Waals surface area (Å²) in [5.74, 6) is -0.366. The Kier molecular flexibility index (Phi) is 6.60. The highest BCUT2D eigenvalue weighted by atomic mass is 32.1. The highest BCUT2D eigenvalue weighted by Gasteiger charge is 2.26. The molecule has 0 unspecified atom stereocenters. The zero-order valence-electron chi connectivity index (χ0n) is 18.1. The van der Waals surface area contributed by atoms with Gasteiger partial charge in [-0.15, -0.1) is 11.3 Å². The number of carbonyl (C=O) groups excluding carboxylic acids is 2. The van der Waals surface area contributed by atoms with E-state index in [-0.39, 0.29) is 19.1 Å². The first-order chi connectivity index (χ1) is 15.5. The number of hydrogen-bond acceptors (Lipinski definition) is 7. The summed E-state index contributed by atoms with van der Waals surface area (Å²) in [6.45, 7) is 3.63. The van der Waals surface area contributed by atoms with E-state index in [2.05, 4.69) is 5.32 Å². The van der Waals surface area contributed by atoms with Gasteiger partial charge in [0.15, 0.2) is 6.61 Å². The summed E-state index contributed by atoms with van der Waals surface area (Å²) in [7, 11) is 0. The summed E-state index contributed by atoms with van der Waals surface area (Å²) in [5, 5.41) is 4.16. The monoisotopic (exact) mass is 455 g/mol. The zero-order valence-corrected chi connectivity index (χ0v) is 18.9. The number of amides is 1. The normalized spacial score (nSPS) is 13.3. The van der Waals surface area contributed by atoms with Crippen molar-refractivity contribution >= 4 is 39.2 Å². The molecule has 0 aliphatic heterocycles. The molecule has 0 radical (unpaired) electrons. The molecule has 1 amide bonds. The fourth-order valence-electron chi connectivity index (χ4n) is 3.96. The number of benzene rings is 1. The molecule has 1 aliphatic rings. The number of hydrogen-bond donors (Lipinski definition) is 1. The van der Waals surface area contributed by atoms with Crippen LogP contribution in [0.25, 0.3) is 11.0 Å². The van der Waals surface area contributed by atoms with E-state index >= 15 is 0 Å². The Labute approximate surface area is 189 Å². The smallest absolute Gasteiger partial charge is 0.341 e. The van der Waals surface area contributed by atoms with Crippen LogP contribution in [0.1, 0.15) is 52.5 Å². The molecule has 3 aromatic rings. The first-order valence-electron chi connectivity index (χ1n) is 10.7. The minimum atomic E-state index is -0.436. The van der Waals surface area contributed by atoms with Crippen LogP contribution in [-0.4, -0.2) is 25.1 Å². The summed E-state index contributed by atoms with van der Waals surface area (Å²) in [6, 6.07) is 6.53. The molecule has 0 spiro atoms. The molecular formula is C24H25NO6S. The van der Waals surface area contributed by atoms with Crippen molar-refractivity contribution < 1.29 is 23.5 Å². The Bertz CT molecular complexity index is 1230. The molecule has 32 heavy (non-hydrogen) atoms. The van der Waals surface area contributed by atoms with E-state index < -0.39 is 11.6 Å². The van der Waals surface area contributed by atoms with Gasteiger partial charge >= 0.3 is 11.6 Å². The maximum Gasteiger partial charge on any atom is 0.341 e. The van der Waals surface area contributed by atoms with E-state index in [4.69, 9.17) is 13.9 Å². The van der Waals surface area contributed by atoms with Crippen LogP contribution in [0, 0.1) is 6.92 Å². The minimum Gasteiger partial charge on any atom is -0.484 e. The van der Waals surface area contributed by atoms with Crippen molar-refractivity contribution in [2.75, 3.05) is 18.5 Å². The third kappa shape index (κ3) is 4.70. The lowest BCUT2D eigenvalue weighted by Gasteiger charge is -2.10. The fraction of sp³-hybridized carbons (Fsp3) is 0.375. The number of carbonyl (C=O) groups is 2. The summed E-state index contributed by atoms with van der Waals surface area (Å²) >= 11 is 1.45. The van der Waals surface area contributed by atoms with Gasteiger partial charge in [-0.2, -0.15) is 0 Å². The summed E-state index contributed by atoms with van der Waals surface area (Å²) < 4.78 is 16.1. The lowest BCUT2D eigenvalue weighted by Crippen LogP contribution is -2.21. The molecule has 1 N–H and O–H groups in total. The lowest BCUT2D eigenvalue weighted by molar-refractivity contribution is -0.118. The van der Waals surface area contributed by atoms with Crippen molar-refractivity contribution in [3.8, 4) is 5.75 Å². The highest BCUT2D eigenvalue weighted by Crippen LogP contribution is 2.38. The van der Waals surface area contributed by atoms with Crippen LogP contribution in [0.4, 0.5) is 5.00 Å². The van der Waals surface area contributed by atoms with Crippen LogP contribution in [0.15, 0.2) is 33.5 Å². The number of fused-ring (bicyclic) bond motifs is 2. The second-order valence-electron chi connectivity index (χ2n) is 7.73. The van der Waals surface area contributed by atoms with E-state index in [1.54, 1.807) is 25.1 Å². The predicted molar refractivity (Wildman–Crippen MR) is 123 cm³/mol. The summed E-state index contributed by atoms with van der Waals surface area (Å²) in [5.41, 5.74) is 2.25. The quantitative estimate of drug-likeness (QED) is 0.331. The highest BCUT2D eigenvalue weighted by molar-refractivity contribution is 7.17. The van der Waals surface area contributed by atoms with Gasteiger partial charge in [-0.3, -0.25) is 4.79 Å². The van der Waals surface area contributed by atoms with Crippen molar-refractivity contribution in [2.24, 2.45) is 0 Å². The van der Waals surface area contributed by atoms with Crippen LogP contribution in [0.3, 0.4) is 0 Å². The zero-order chi connectivity index (χ0) is 22.7. The average molecular weight is 456 g/mol. The maximum atomic E-state index is 12.6. The number of aryl methyl sites for hydroxylation is 2. The van der Waals surface area contributed by atoms with Crippen LogP contribution in [0.5, 0.6) is 5.75 Å². The van der Waals surface area contributed by atoms with Crippen molar-refractivity contribution in [3.63, 3.8) is 0 Å². The van der Waals surface area contributed by atoms with E-state index in [0.717, 1.165) is 53.5 Å². The van der Waals surface area contributed by atoms with Gasteiger partial charge < -0.3 is 19.2 Å². The van der Waals surface area contributed by atoms with Gasteiger partial charge in [0.05, 0.1) is 12.2 Å². The molecule has 2 heterocycles. The van der Waals surface area contributed by atoms with Gasteiger partial charge in [-0.25, -0.2) is 9.59 Å². The van der Waals surface area contributed by atoms with Crippen molar-refractivity contribution in [1.29, 1.82) is 0 Å². The van der Waals surface area contributed by atoms with Gasteiger partial charge in [-0.1, -0.05) is 6.42 Å². The number of anilines is 1. The van der Waals surface area contributed by atoms with Crippen LogP contribution in [0.2, 0.25) is 0 Å². The van der Waals surface area contributed by atoms with Crippen molar-refractivity contribution in [1.82, 2.24) is 0 Å². The number of ether oxygens (including phenoxy) is 2. The van der Waals surface area contributed by atoms with Gasteiger partial charge in [0.2, 0.25) is 0 Å². The van der Waals surface area contributed by atoms with Crippen LogP contribution in [-0.2, 0) is 22.4 Å². The Morgan fingerprint density at radius 3 is 2.78 bits per heavy atom. The third-order valence-corrected chi connectivity index (χ3v) is 6.65. The van der Waals surface area contributed by atoms with Gasteiger partial charge in [-0.05, 0) is 62.8 Å². The number of rotatable bonds is 6. The van der Waals surface area contributed by atoms with Gasteiger partial charge in [0.25, 0.3) is 5.91 Å². The molecule has 2 aromatic heterocycles. The van der Waals surface area contributed by atoms with Gasteiger partial charge in [0.1, 0.15) is 16.3 Å². The molecule has 1 aliphatic carbocycles. The van der Waals surface area contributed by atoms with Crippen molar-refractivity contribution in [3.05, 3.63) is 56.3 Å². The first kappa shape index (κ1) is 22.1. The number of thiophene rings is 1. The van der Waals surface area contributed by atoms with Crippen molar-refractivity contribution in [2.45, 2.75) is 46.0 Å². The molecule has 4 rings (SSSR count). The Balaban J connectivity index is 1.50. The molecule has 0 saturated carbocycles. The predicted octanol–water partition coefficient (Wildman–Crippen LogP) is 4.63. The van der Waals surface area contributed by atoms with E-state index in [9.17, 15) is 14.4 Å². The lowest BCUT2D eigenvalue weighted by atomic mass is 10.1. The molecule has 168 valence electrons. The largest absolute Gasteiger partial charge is 0.484 e. The molecule has 1 aromatic carbocycles. The Morgan fingerprint density at radius 2 is 1.97 bits per heavy atom. The topological polar surface area (TPSA) is 94.8 Å². The molecule has 0 saturated heterocycles. The van der Waals surface area contributed by atoms with E-state index in [0.29, 0.717) is 21.9 Å². The Morgan fingerprint density at radius 1 is 1.16 bits per heavy atom. The van der Waals surface area contributed by atoms with Crippen LogP contribution >= 0.6 is 11.3 Å². The standard InChI is InChI=1S/C24H25NO6S/c1-3-29-24(28)22-17-7-5-4-6-8-19(17)32-23(22)25-20(26)13-30-15-9-10-16-14(2)11-21(27)31-18(16)12-15/h9-12H,3-8,13H2,1-2H3,(H,25,26). The molecular weight excluding hydrogens is 430 g/mol. The second kappa shape index (κ2) is 9.56. The van der Waals surface area contributed by atoms with Crippen LogP contribution < -0.4 is 15.7 Å². The molecule has 0 atom stereocenters. The second-order valence-corrected chi connectivity index (χ2v) is 8.84. The first-order valence-corrected chi connectivity index (χ1v) is 11.6. The van der Waals surface area contributed by atoms with E-state index in [1.165, 1.54) is 17.4 Å². The molecule has 0 fully saturated rings. The average Bonchev–Trinajstić information content (AvgIpc) is 2.92. The summed E-state index contributed by atoms with van der Waals surface area (Å²) in [4.78, 5) is 38.0. The molecule has 8 heteroatoms.